The van der Waals surface area contributed by atoms with Crippen LogP contribution in [0.5, 0.6) is 0 Å². The highest BCUT2D eigenvalue weighted by Crippen LogP contribution is 2.20. The van der Waals surface area contributed by atoms with Crippen LogP contribution in [-0.2, 0) is 6.54 Å². The van der Waals surface area contributed by atoms with Gasteiger partial charge in [-0.2, -0.15) is 0 Å². The van der Waals surface area contributed by atoms with Gasteiger partial charge in [-0.15, -0.1) is 0 Å². The van der Waals surface area contributed by atoms with E-state index in [-0.39, 0.29) is 11.9 Å². The molecule has 0 bridgehead atoms. The smallest absolute Gasteiger partial charge is 0.123 e. The molecule has 1 unspecified atom stereocenters. The largest absolute Gasteiger partial charge is 0.306 e. The molecule has 1 atom stereocenters. The van der Waals surface area contributed by atoms with E-state index in [0.29, 0.717) is 11.6 Å². The quantitative estimate of drug-likeness (QED) is 0.858. The average molecular weight is 278 g/mol. The lowest BCUT2D eigenvalue weighted by atomic mass is 10.0. The third-order valence-corrected chi connectivity index (χ3v) is 3.63. The number of benzene rings is 2. The predicted molar refractivity (Wildman–Crippen MR) is 77.8 cm³/mol. The van der Waals surface area contributed by atoms with Crippen molar-refractivity contribution in [1.29, 1.82) is 0 Å². The molecule has 100 valence electrons. The topological polar surface area (TPSA) is 12.0 Å². The van der Waals surface area contributed by atoms with Gasteiger partial charge in [0.2, 0.25) is 0 Å². The lowest BCUT2D eigenvalue weighted by Crippen LogP contribution is -2.19. The van der Waals surface area contributed by atoms with Crippen LogP contribution in [0, 0.1) is 12.7 Å². The minimum Gasteiger partial charge on any atom is -0.306 e. The van der Waals surface area contributed by atoms with E-state index in [1.807, 2.05) is 12.1 Å². The molecular formula is C16H17ClFN. The summed E-state index contributed by atoms with van der Waals surface area (Å²) in [6.45, 7) is 4.73. The minimum absolute atomic E-state index is 0.195. The first kappa shape index (κ1) is 14.0. The van der Waals surface area contributed by atoms with Gasteiger partial charge in [0, 0.05) is 17.6 Å². The summed E-state index contributed by atoms with van der Waals surface area (Å²) in [5.74, 6) is -0.259. The van der Waals surface area contributed by atoms with E-state index >= 15 is 0 Å². The van der Waals surface area contributed by atoms with Gasteiger partial charge in [0.15, 0.2) is 0 Å². The molecule has 3 heteroatoms. The van der Waals surface area contributed by atoms with E-state index in [1.165, 1.54) is 23.3 Å². The van der Waals surface area contributed by atoms with Crippen LogP contribution in [0.3, 0.4) is 0 Å². The van der Waals surface area contributed by atoms with Gasteiger partial charge in [-0.05, 0) is 48.7 Å². The Labute approximate surface area is 118 Å². The highest BCUT2D eigenvalue weighted by atomic mass is 35.5. The van der Waals surface area contributed by atoms with E-state index in [4.69, 9.17) is 11.6 Å². The molecule has 0 radical (unpaired) electrons. The molecule has 1 N–H and O–H groups in total. The summed E-state index contributed by atoms with van der Waals surface area (Å²) < 4.78 is 13.2. The fourth-order valence-electron chi connectivity index (χ4n) is 2.12. The molecule has 0 aliphatic rings. The molecule has 0 spiro atoms. The Kier molecular flexibility index (Phi) is 4.56. The van der Waals surface area contributed by atoms with Crippen molar-refractivity contribution in [2.45, 2.75) is 26.4 Å². The fraction of sp³-hybridized carbons (Fsp3) is 0.250. The fourth-order valence-corrected chi connectivity index (χ4v) is 2.31. The summed E-state index contributed by atoms with van der Waals surface area (Å²) in [4.78, 5) is 0. The number of halogens is 2. The molecule has 0 saturated heterocycles. The van der Waals surface area contributed by atoms with E-state index in [9.17, 15) is 4.39 Å². The monoisotopic (exact) mass is 277 g/mol. The van der Waals surface area contributed by atoms with Crippen LogP contribution < -0.4 is 5.32 Å². The van der Waals surface area contributed by atoms with Crippen molar-refractivity contribution in [3.8, 4) is 0 Å². The number of hydrogen-bond donors (Lipinski definition) is 1. The Morgan fingerprint density at radius 1 is 1.21 bits per heavy atom. The van der Waals surface area contributed by atoms with Crippen molar-refractivity contribution in [2.75, 3.05) is 0 Å². The van der Waals surface area contributed by atoms with Crippen LogP contribution in [0.15, 0.2) is 42.5 Å². The highest BCUT2D eigenvalue weighted by Gasteiger charge is 2.08. The van der Waals surface area contributed by atoms with Crippen LogP contribution in [0.4, 0.5) is 4.39 Å². The van der Waals surface area contributed by atoms with E-state index < -0.39 is 0 Å². The second-order valence-corrected chi connectivity index (χ2v) is 5.10. The van der Waals surface area contributed by atoms with Crippen LogP contribution in [0.2, 0.25) is 5.02 Å². The maximum Gasteiger partial charge on any atom is 0.123 e. The number of nitrogens with one attached hydrogen (secondary N) is 1. The van der Waals surface area contributed by atoms with Crippen LogP contribution in [0.25, 0.3) is 0 Å². The summed E-state index contributed by atoms with van der Waals surface area (Å²) >= 11 is 6.05. The van der Waals surface area contributed by atoms with Crippen molar-refractivity contribution in [1.82, 2.24) is 5.32 Å². The minimum atomic E-state index is -0.259. The Morgan fingerprint density at radius 3 is 2.68 bits per heavy atom. The third kappa shape index (κ3) is 3.55. The van der Waals surface area contributed by atoms with Gasteiger partial charge < -0.3 is 5.32 Å². The number of rotatable bonds is 4. The van der Waals surface area contributed by atoms with Gasteiger partial charge in [-0.3, -0.25) is 0 Å². The summed E-state index contributed by atoms with van der Waals surface area (Å²) in [6, 6.07) is 12.9. The maximum absolute atomic E-state index is 13.2. The van der Waals surface area contributed by atoms with Crippen molar-refractivity contribution in [3.05, 3.63) is 70.0 Å². The van der Waals surface area contributed by atoms with Crippen molar-refractivity contribution < 1.29 is 4.39 Å². The average Bonchev–Trinajstić information content (AvgIpc) is 2.40. The molecule has 0 aromatic heterocycles. The molecule has 0 saturated carbocycles. The van der Waals surface area contributed by atoms with E-state index in [1.54, 1.807) is 6.07 Å². The zero-order chi connectivity index (χ0) is 13.8. The van der Waals surface area contributed by atoms with E-state index in [2.05, 4.69) is 31.3 Å². The SMILES string of the molecule is Cc1ccccc1C(C)NCc1cc(F)ccc1Cl. The second kappa shape index (κ2) is 6.18. The summed E-state index contributed by atoms with van der Waals surface area (Å²) in [5, 5.41) is 3.96. The first-order chi connectivity index (χ1) is 9.08. The Balaban J connectivity index is 2.06. The lowest BCUT2D eigenvalue weighted by molar-refractivity contribution is 0.567. The summed E-state index contributed by atoms with van der Waals surface area (Å²) in [6.07, 6.45) is 0. The molecule has 0 amide bonds. The summed E-state index contributed by atoms with van der Waals surface area (Å²) in [7, 11) is 0. The standard InChI is InChI=1S/C16H17ClFN/c1-11-5-3-4-6-15(11)12(2)19-10-13-9-14(18)7-8-16(13)17/h3-9,12,19H,10H2,1-2H3. The highest BCUT2D eigenvalue weighted by molar-refractivity contribution is 6.31. The molecule has 2 aromatic rings. The van der Waals surface area contributed by atoms with E-state index in [0.717, 1.165) is 5.56 Å². The molecule has 0 heterocycles. The normalized spacial score (nSPS) is 12.4. The Hall–Kier alpha value is -1.38. The molecule has 0 fully saturated rings. The second-order valence-electron chi connectivity index (χ2n) is 4.69. The maximum atomic E-state index is 13.2. The lowest BCUT2D eigenvalue weighted by Gasteiger charge is -2.17. The van der Waals surface area contributed by atoms with Gasteiger partial charge in [-0.1, -0.05) is 35.9 Å². The Morgan fingerprint density at radius 2 is 1.95 bits per heavy atom. The zero-order valence-electron chi connectivity index (χ0n) is 11.1. The number of aryl methyl sites for hydroxylation is 1. The molecule has 2 rings (SSSR count). The Bertz CT molecular complexity index is 568. The van der Waals surface area contributed by atoms with Crippen molar-refractivity contribution in [3.63, 3.8) is 0 Å². The molecule has 19 heavy (non-hydrogen) atoms. The van der Waals surface area contributed by atoms with Gasteiger partial charge in [0.1, 0.15) is 5.82 Å². The zero-order valence-corrected chi connectivity index (χ0v) is 11.8. The van der Waals surface area contributed by atoms with Crippen molar-refractivity contribution >= 4 is 11.6 Å². The first-order valence-corrected chi connectivity index (χ1v) is 6.68. The predicted octanol–water partition coefficient (Wildman–Crippen LogP) is 4.64. The first-order valence-electron chi connectivity index (χ1n) is 6.31. The van der Waals surface area contributed by atoms with Crippen LogP contribution >= 0.6 is 11.6 Å². The van der Waals surface area contributed by atoms with Gasteiger partial charge >= 0.3 is 0 Å². The molecule has 0 aliphatic carbocycles. The molecule has 1 nitrogen and oxygen atoms in total. The third-order valence-electron chi connectivity index (χ3n) is 3.26. The molecule has 0 aliphatic heterocycles. The van der Waals surface area contributed by atoms with Crippen LogP contribution in [0.1, 0.15) is 29.7 Å². The summed E-state index contributed by atoms with van der Waals surface area (Å²) in [5.41, 5.74) is 3.27. The molecule has 2 aromatic carbocycles. The van der Waals surface area contributed by atoms with Gasteiger partial charge in [-0.25, -0.2) is 4.39 Å². The van der Waals surface area contributed by atoms with Crippen LogP contribution in [-0.4, -0.2) is 0 Å². The van der Waals surface area contributed by atoms with Crippen molar-refractivity contribution in [2.24, 2.45) is 0 Å². The molecular weight excluding hydrogens is 261 g/mol. The van der Waals surface area contributed by atoms with Gasteiger partial charge in [0.25, 0.3) is 0 Å². The van der Waals surface area contributed by atoms with Gasteiger partial charge in [0.05, 0.1) is 0 Å². The number of hydrogen-bond acceptors (Lipinski definition) is 1.